The van der Waals surface area contributed by atoms with Gasteiger partial charge in [-0.25, -0.2) is 14.4 Å². The third kappa shape index (κ3) is 9.85. The molecule has 0 aromatic heterocycles. The van der Waals surface area contributed by atoms with Crippen LogP contribution in [-0.4, -0.2) is 102 Å². The fourth-order valence-corrected chi connectivity index (χ4v) is 5.56. The zero-order valence-electron chi connectivity index (χ0n) is 28.3. The van der Waals surface area contributed by atoms with E-state index in [1.807, 2.05) is 13.8 Å². The number of ether oxygens (including phenoxy) is 5. The lowest BCUT2D eigenvalue weighted by Gasteiger charge is -2.52. The minimum Gasteiger partial charge on any atom is -0.478 e. The normalized spacial score (nSPS) is 19.7. The number of rotatable bonds is 20. The number of amides is 1. The smallest absolute Gasteiger partial charge is 0.347 e. The Bertz CT molecular complexity index is 1390. The third-order valence-corrected chi connectivity index (χ3v) is 8.00. The number of carbonyl (C=O) groups is 4. The van der Waals surface area contributed by atoms with Crippen LogP contribution in [0.5, 0.6) is 0 Å². The second kappa shape index (κ2) is 18.4. The Balaban J connectivity index is 2.24. The van der Waals surface area contributed by atoms with Gasteiger partial charge in [-0.1, -0.05) is 57.2 Å². The van der Waals surface area contributed by atoms with E-state index in [-0.39, 0.29) is 30.9 Å². The number of nitrogens with one attached hydrogen (secondary N) is 3. The molecule has 0 radical (unpaired) electrons. The van der Waals surface area contributed by atoms with Crippen molar-refractivity contribution in [2.45, 2.75) is 88.9 Å². The van der Waals surface area contributed by atoms with Gasteiger partial charge in [0.1, 0.15) is 24.4 Å². The molecule has 0 bridgehead atoms. The van der Waals surface area contributed by atoms with Crippen molar-refractivity contribution in [3.8, 4) is 0 Å². The first-order valence-electron chi connectivity index (χ1n) is 16.4. The van der Waals surface area contributed by atoms with Crippen molar-refractivity contribution in [1.29, 1.82) is 5.41 Å². The SMILES string of the molecule is CCCO[C@H]([C@H](OCCC)[C@](O)(COC(=O)c1ccccc1)[C@@H](C)OCCC)[C@@]1([C@@H](OC(=O)c2ccccc2)C(=O)O)CC(=O)NC(=N)N1. The minimum absolute atomic E-state index is 0.00730. The predicted molar refractivity (Wildman–Crippen MR) is 177 cm³/mol. The van der Waals surface area contributed by atoms with Crippen molar-refractivity contribution in [2.24, 2.45) is 0 Å². The van der Waals surface area contributed by atoms with E-state index in [2.05, 4.69) is 10.6 Å². The molecule has 49 heavy (non-hydrogen) atoms. The van der Waals surface area contributed by atoms with E-state index < -0.39 is 78.4 Å². The first-order chi connectivity index (χ1) is 23.4. The maximum atomic E-state index is 13.4. The summed E-state index contributed by atoms with van der Waals surface area (Å²) in [5.41, 5.74) is -4.23. The molecule has 1 saturated heterocycles. The first-order valence-corrected chi connectivity index (χ1v) is 16.4. The number of carboxylic acid groups (broad SMARTS) is 1. The highest BCUT2D eigenvalue weighted by Gasteiger charge is 2.63. The van der Waals surface area contributed by atoms with E-state index in [0.29, 0.717) is 19.3 Å². The van der Waals surface area contributed by atoms with E-state index in [1.54, 1.807) is 62.4 Å². The van der Waals surface area contributed by atoms with E-state index in [0.717, 1.165) is 0 Å². The maximum Gasteiger partial charge on any atom is 0.347 e. The van der Waals surface area contributed by atoms with Gasteiger partial charge in [0.15, 0.2) is 11.6 Å². The highest BCUT2D eigenvalue weighted by molar-refractivity contribution is 6.00. The second-order valence-electron chi connectivity index (χ2n) is 11.8. The van der Waals surface area contributed by atoms with Crippen molar-refractivity contribution >= 4 is 29.8 Å². The van der Waals surface area contributed by atoms with Crippen LogP contribution in [-0.2, 0) is 33.3 Å². The molecule has 3 rings (SSSR count). The summed E-state index contributed by atoms with van der Waals surface area (Å²) in [6.07, 6.45) is -5.76. The Morgan fingerprint density at radius 2 is 1.41 bits per heavy atom. The molecule has 0 saturated carbocycles. The summed E-state index contributed by atoms with van der Waals surface area (Å²) in [6.45, 7) is 6.48. The molecule has 0 spiro atoms. The highest BCUT2D eigenvalue weighted by atomic mass is 16.6. The Kier molecular flexibility index (Phi) is 14.7. The lowest BCUT2D eigenvalue weighted by Crippen LogP contribution is -2.78. The summed E-state index contributed by atoms with van der Waals surface area (Å²) in [7, 11) is 0. The molecule has 2 aromatic rings. The van der Waals surface area contributed by atoms with Gasteiger partial charge in [-0.3, -0.25) is 15.5 Å². The molecular formula is C35H47N3O11. The molecule has 0 unspecified atom stereocenters. The van der Waals surface area contributed by atoms with Crippen LogP contribution in [0.25, 0.3) is 0 Å². The molecule has 14 heteroatoms. The summed E-state index contributed by atoms with van der Waals surface area (Å²) in [5.74, 6) is -4.80. The van der Waals surface area contributed by atoms with Gasteiger partial charge in [-0.15, -0.1) is 0 Å². The molecule has 14 nitrogen and oxygen atoms in total. The number of aliphatic hydroxyl groups is 1. The van der Waals surface area contributed by atoms with Crippen LogP contribution in [0.2, 0.25) is 0 Å². The van der Waals surface area contributed by atoms with Crippen LogP contribution in [0.1, 0.15) is 74.1 Å². The minimum atomic E-state index is -2.25. The summed E-state index contributed by atoms with van der Waals surface area (Å²) >= 11 is 0. The quantitative estimate of drug-likeness (QED) is 0.128. The Morgan fingerprint density at radius 1 is 0.878 bits per heavy atom. The molecule has 1 fully saturated rings. The zero-order valence-corrected chi connectivity index (χ0v) is 28.3. The number of hydrogen-bond donors (Lipinski definition) is 5. The highest BCUT2D eigenvalue weighted by Crippen LogP contribution is 2.37. The molecule has 1 aliphatic rings. The van der Waals surface area contributed by atoms with Gasteiger partial charge in [0.05, 0.1) is 23.7 Å². The van der Waals surface area contributed by atoms with Crippen LogP contribution >= 0.6 is 0 Å². The van der Waals surface area contributed by atoms with E-state index in [1.165, 1.54) is 12.1 Å². The van der Waals surface area contributed by atoms with Crippen LogP contribution < -0.4 is 10.6 Å². The van der Waals surface area contributed by atoms with Crippen molar-refractivity contribution in [3.63, 3.8) is 0 Å². The Hall–Kier alpha value is -4.37. The number of esters is 2. The summed E-state index contributed by atoms with van der Waals surface area (Å²) < 4.78 is 29.9. The van der Waals surface area contributed by atoms with Crippen LogP contribution in [0, 0.1) is 5.41 Å². The molecule has 6 atom stereocenters. The second-order valence-corrected chi connectivity index (χ2v) is 11.8. The summed E-state index contributed by atoms with van der Waals surface area (Å²) in [5, 5.41) is 36.8. The fourth-order valence-electron chi connectivity index (χ4n) is 5.56. The van der Waals surface area contributed by atoms with Crippen LogP contribution in [0.4, 0.5) is 0 Å². The average Bonchev–Trinajstić information content (AvgIpc) is 3.09. The number of carboxylic acids is 1. The van der Waals surface area contributed by atoms with Gasteiger partial charge in [0, 0.05) is 19.8 Å². The van der Waals surface area contributed by atoms with Gasteiger partial charge in [0.2, 0.25) is 12.0 Å². The van der Waals surface area contributed by atoms with Crippen LogP contribution in [0.15, 0.2) is 60.7 Å². The number of carbonyl (C=O) groups excluding carboxylic acids is 3. The predicted octanol–water partition coefficient (Wildman–Crippen LogP) is 3.07. The van der Waals surface area contributed by atoms with Crippen LogP contribution in [0.3, 0.4) is 0 Å². The largest absolute Gasteiger partial charge is 0.478 e. The summed E-state index contributed by atoms with van der Waals surface area (Å²) in [4.78, 5) is 52.8. The van der Waals surface area contributed by atoms with Crippen molar-refractivity contribution in [1.82, 2.24) is 10.6 Å². The van der Waals surface area contributed by atoms with Crippen molar-refractivity contribution < 1.29 is 53.1 Å². The first kappa shape index (κ1) is 39.1. The molecule has 268 valence electrons. The molecular weight excluding hydrogens is 638 g/mol. The monoisotopic (exact) mass is 685 g/mol. The van der Waals surface area contributed by atoms with E-state index in [4.69, 9.17) is 29.1 Å². The molecule has 1 aliphatic heterocycles. The third-order valence-electron chi connectivity index (χ3n) is 8.00. The van der Waals surface area contributed by atoms with Gasteiger partial charge in [0.25, 0.3) is 0 Å². The van der Waals surface area contributed by atoms with Gasteiger partial charge in [-0.2, -0.15) is 0 Å². The van der Waals surface area contributed by atoms with E-state index >= 15 is 0 Å². The number of guanidine groups is 1. The van der Waals surface area contributed by atoms with Gasteiger partial charge < -0.3 is 39.2 Å². The topological polar surface area (TPSA) is 203 Å². The number of hydrogen-bond acceptors (Lipinski definition) is 11. The molecule has 2 aromatic carbocycles. The number of benzene rings is 2. The summed E-state index contributed by atoms with van der Waals surface area (Å²) in [6, 6.07) is 15.8. The molecule has 5 N–H and O–H groups in total. The molecule has 1 heterocycles. The standard InChI is InChI=1S/C35H47N3O11/c1-5-18-45-23(4)35(44,22-48-31(42)24-14-10-8-11-15-24)28(47-20-7-3)27(46-19-6-2)34(21-26(39)37-33(36)38-34)29(30(40)41)49-32(43)25-16-12-9-13-17-25/h8-17,23,27-29,44H,5-7,18-22H2,1-4H3,(H,40,41)(H3,36,37,38,39)/t23-,27-,28+,29+,34-,35+/m1/s1. The lowest BCUT2D eigenvalue weighted by atomic mass is 9.73. The molecule has 1 amide bonds. The average molecular weight is 686 g/mol. The Morgan fingerprint density at radius 3 is 1.94 bits per heavy atom. The maximum absolute atomic E-state index is 13.4. The van der Waals surface area contributed by atoms with Gasteiger partial charge >= 0.3 is 17.9 Å². The lowest BCUT2D eigenvalue weighted by molar-refractivity contribution is -0.243. The van der Waals surface area contributed by atoms with Crippen molar-refractivity contribution in [2.75, 3.05) is 26.4 Å². The fraction of sp³-hybridized carbons (Fsp3) is 0.514. The number of aliphatic carboxylic acids is 1. The molecule has 0 aliphatic carbocycles. The van der Waals surface area contributed by atoms with Crippen molar-refractivity contribution in [3.05, 3.63) is 71.8 Å². The van der Waals surface area contributed by atoms with E-state index in [9.17, 15) is 29.4 Å². The van der Waals surface area contributed by atoms with Gasteiger partial charge in [-0.05, 0) is 50.5 Å². The zero-order chi connectivity index (χ0) is 36.0. The Labute approximate surface area is 285 Å².